The molecule has 4 nitrogen and oxygen atoms in total. The van der Waals surface area contributed by atoms with Crippen LogP contribution in [0.1, 0.15) is 18.1 Å². The first kappa shape index (κ1) is 13.0. The van der Waals surface area contributed by atoms with Gasteiger partial charge < -0.3 is 10.4 Å². The van der Waals surface area contributed by atoms with Gasteiger partial charge in [-0.25, -0.2) is 4.79 Å². The number of nitrogens with one attached hydrogen (secondary N) is 1. The zero-order chi connectivity index (χ0) is 12.8. The Morgan fingerprint density at radius 3 is 2.65 bits per heavy atom. The van der Waals surface area contributed by atoms with Crippen molar-refractivity contribution in [3.63, 3.8) is 0 Å². The SMILES string of the molecule is CCc1cccc(C)c1NC(=O)/C=C/C(=O)O. The smallest absolute Gasteiger partial charge is 0.328 e. The number of carboxylic acids is 1. The number of hydrogen-bond acceptors (Lipinski definition) is 2. The molecule has 0 aromatic heterocycles. The molecule has 0 saturated heterocycles. The molecule has 0 aliphatic rings. The van der Waals surface area contributed by atoms with Gasteiger partial charge in [0.25, 0.3) is 0 Å². The lowest BCUT2D eigenvalue weighted by Gasteiger charge is -2.11. The molecule has 4 heteroatoms. The van der Waals surface area contributed by atoms with Crippen LogP contribution >= 0.6 is 0 Å². The van der Waals surface area contributed by atoms with Gasteiger partial charge >= 0.3 is 5.97 Å². The lowest BCUT2D eigenvalue weighted by Crippen LogP contribution is -2.11. The second-order valence-corrected chi connectivity index (χ2v) is 3.62. The standard InChI is InChI=1S/C13H15NO3/c1-3-10-6-4-5-9(2)13(10)14-11(15)7-8-12(16)17/h4-8H,3H2,1-2H3,(H,14,15)(H,16,17)/b8-7+. The molecule has 1 rings (SSSR count). The molecule has 0 bridgehead atoms. The summed E-state index contributed by atoms with van der Waals surface area (Å²) in [7, 11) is 0. The highest BCUT2D eigenvalue weighted by atomic mass is 16.4. The molecule has 0 spiro atoms. The molecule has 90 valence electrons. The van der Waals surface area contributed by atoms with Gasteiger partial charge in [0.15, 0.2) is 0 Å². The van der Waals surface area contributed by atoms with Crippen LogP contribution in [0.3, 0.4) is 0 Å². The Morgan fingerprint density at radius 2 is 2.06 bits per heavy atom. The molecule has 1 amide bonds. The Hall–Kier alpha value is -2.10. The minimum atomic E-state index is -1.14. The average Bonchev–Trinajstić information content (AvgIpc) is 2.29. The summed E-state index contributed by atoms with van der Waals surface area (Å²) in [4.78, 5) is 21.8. The summed E-state index contributed by atoms with van der Waals surface area (Å²) in [5, 5.41) is 11.1. The highest BCUT2D eigenvalue weighted by Gasteiger charge is 2.06. The number of aliphatic carboxylic acids is 1. The predicted octanol–water partition coefficient (Wildman–Crippen LogP) is 2.14. The van der Waals surface area contributed by atoms with Crippen LogP contribution < -0.4 is 5.32 Å². The lowest BCUT2D eigenvalue weighted by molar-refractivity contribution is -0.131. The fourth-order valence-electron chi connectivity index (χ4n) is 1.51. The molecule has 0 aliphatic carbocycles. The summed E-state index contributed by atoms with van der Waals surface area (Å²) in [6.45, 7) is 3.90. The first-order chi connectivity index (χ1) is 8.04. The number of rotatable bonds is 4. The highest BCUT2D eigenvalue weighted by molar-refractivity contribution is 6.03. The minimum absolute atomic E-state index is 0.434. The quantitative estimate of drug-likeness (QED) is 0.783. The summed E-state index contributed by atoms with van der Waals surface area (Å²) in [6, 6.07) is 5.76. The van der Waals surface area contributed by atoms with Crippen LogP contribution in [0.25, 0.3) is 0 Å². The Kier molecular flexibility index (Phi) is 4.46. The van der Waals surface area contributed by atoms with Gasteiger partial charge in [0.1, 0.15) is 0 Å². The maximum absolute atomic E-state index is 11.5. The number of carboxylic acid groups (broad SMARTS) is 1. The van der Waals surface area contributed by atoms with Gasteiger partial charge in [-0.05, 0) is 24.5 Å². The number of benzene rings is 1. The van der Waals surface area contributed by atoms with E-state index >= 15 is 0 Å². The molecule has 0 atom stereocenters. The van der Waals surface area contributed by atoms with E-state index in [1.807, 2.05) is 32.0 Å². The summed E-state index contributed by atoms with van der Waals surface area (Å²) in [6.07, 6.45) is 2.63. The van der Waals surface area contributed by atoms with E-state index in [1.54, 1.807) is 0 Å². The topological polar surface area (TPSA) is 66.4 Å². The lowest BCUT2D eigenvalue weighted by atomic mass is 10.1. The normalized spacial score (nSPS) is 10.5. The van der Waals surface area contributed by atoms with Crippen LogP contribution in [0.2, 0.25) is 0 Å². The fourth-order valence-corrected chi connectivity index (χ4v) is 1.51. The second kappa shape index (κ2) is 5.84. The molecule has 0 radical (unpaired) electrons. The third kappa shape index (κ3) is 3.75. The molecule has 17 heavy (non-hydrogen) atoms. The van der Waals surface area contributed by atoms with Gasteiger partial charge in [0.2, 0.25) is 5.91 Å². The van der Waals surface area contributed by atoms with Crippen LogP contribution in [0.5, 0.6) is 0 Å². The first-order valence-electron chi connectivity index (χ1n) is 5.35. The zero-order valence-corrected chi connectivity index (χ0v) is 9.86. The van der Waals surface area contributed by atoms with Crippen molar-refractivity contribution in [2.24, 2.45) is 0 Å². The van der Waals surface area contributed by atoms with Crippen molar-refractivity contribution in [1.82, 2.24) is 0 Å². The van der Waals surface area contributed by atoms with E-state index in [4.69, 9.17) is 5.11 Å². The molecule has 0 unspecified atom stereocenters. The number of amides is 1. The number of anilines is 1. The van der Waals surface area contributed by atoms with Gasteiger partial charge in [-0.2, -0.15) is 0 Å². The van der Waals surface area contributed by atoms with E-state index in [9.17, 15) is 9.59 Å². The third-order valence-electron chi connectivity index (χ3n) is 2.37. The number of para-hydroxylation sites is 1. The van der Waals surface area contributed by atoms with Crippen molar-refractivity contribution in [3.8, 4) is 0 Å². The fraction of sp³-hybridized carbons (Fsp3) is 0.231. The number of carbonyl (C=O) groups is 2. The first-order valence-corrected chi connectivity index (χ1v) is 5.35. The zero-order valence-electron chi connectivity index (χ0n) is 9.86. The van der Waals surface area contributed by atoms with Crippen LogP contribution in [-0.2, 0) is 16.0 Å². The Balaban J connectivity index is 2.88. The highest BCUT2D eigenvalue weighted by Crippen LogP contribution is 2.20. The summed E-state index contributed by atoms with van der Waals surface area (Å²) in [5.41, 5.74) is 2.75. The van der Waals surface area contributed by atoms with E-state index < -0.39 is 11.9 Å². The number of carbonyl (C=O) groups excluding carboxylic acids is 1. The van der Waals surface area contributed by atoms with Gasteiger partial charge in [0, 0.05) is 17.8 Å². The molecular weight excluding hydrogens is 218 g/mol. The maximum atomic E-state index is 11.5. The Morgan fingerprint density at radius 1 is 1.35 bits per heavy atom. The van der Waals surface area contributed by atoms with Crippen molar-refractivity contribution < 1.29 is 14.7 Å². The van der Waals surface area contributed by atoms with Gasteiger partial charge in [-0.15, -0.1) is 0 Å². The monoisotopic (exact) mass is 233 g/mol. The average molecular weight is 233 g/mol. The summed E-state index contributed by atoms with van der Waals surface area (Å²) < 4.78 is 0. The van der Waals surface area contributed by atoms with Crippen molar-refractivity contribution in [2.45, 2.75) is 20.3 Å². The number of aryl methyl sites for hydroxylation is 2. The van der Waals surface area contributed by atoms with Gasteiger partial charge in [0.05, 0.1) is 0 Å². The Labute approximate surface area is 100.0 Å². The molecular formula is C13H15NO3. The third-order valence-corrected chi connectivity index (χ3v) is 2.37. The van der Waals surface area contributed by atoms with E-state index in [2.05, 4.69) is 5.32 Å². The minimum Gasteiger partial charge on any atom is -0.478 e. The van der Waals surface area contributed by atoms with Crippen LogP contribution in [0.15, 0.2) is 30.4 Å². The van der Waals surface area contributed by atoms with E-state index in [-0.39, 0.29) is 0 Å². The van der Waals surface area contributed by atoms with E-state index in [0.717, 1.165) is 35.4 Å². The van der Waals surface area contributed by atoms with Gasteiger partial charge in [-0.1, -0.05) is 25.1 Å². The Bertz CT molecular complexity index is 464. The molecule has 0 aliphatic heterocycles. The van der Waals surface area contributed by atoms with Crippen molar-refractivity contribution >= 4 is 17.6 Å². The second-order valence-electron chi connectivity index (χ2n) is 3.62. The van der Waals surface area contributed by atoms with E-state index in [1.165, 1.54) is 0 Å². The molecule has 0 saturated carbocycles. The van der Waals surface area contributed by atoms with Crippen molar-refractivity contribution in [2.75, 3.05) is 5.32 Å². The predicted molar refractivity (Wildman–Crippen MR) is 66.0 cm³/mol. The number of hydrogen-bond donors (Lipinski definition) is 2. The summed E-state index contributed by atoms with van der Waals surface area (Å²) >= 11 is 0. The molecule has 1 aromatic carbocycles. The van der Waals surface area contributed by atoms with E-state index in [0.29, 0.717) is 0 Å². The molecule has 0 heterocycles. The molecule has 1 aromatic rings. The maximum Gasteiger partial charge on any atom is 0.328 e. The van der Waals surface area contributed by atoms with Crippen molar-refractivity contribution in [1.29, 1.82) is 0 Å². The van der Waals surface area contributed by atoms with Gasteiger partial charge in [-0.3, -0.25) is 4.79 Å². The van der Waals surface area contributed by atoms with Crippen LogP contribution in [0, 0.1) is 6.92 Å². The largest absolute Gasteiger partial charge is 0.478 e. The molecule has 0 fully saturated rings. The summed E-state index contributed by atoms with van der Waals surface area (Å²) in [5.74, 6) is -1.57. The molecule has 2 N–H and O–H groups in total. The van der Waals surface area contributed by atoms with Crippen molar-refractivity contribution in [3.05, 3.63) is 41.5 Å². The van der Waals surface area contributed by atoms with Crippen LogP contribution in [0.4, 0.5) is 5.69 Å². The van der Waals surface area contributed by atoms with Crippen LogP contribution in [-0.4, -0.2) is 17.0 Å².